The molecule has 3 rings (SSSR count). The van der Waals surface area contributed by atoms with Crippen molar-refractivity contribution in [2.45, 2.75) is 51.1 Å². The van der Waals surface area contributed by atoms with Crippen LogP contribution in [0.2, 0.25) is 0 Å². The lowest BCUT2D eigenvalue weighted by atomic mass is 9.85. The summed E-state index contributed by atoms with van der Waals surface area (Å²) in [6, 6.07) is 4.09. The largest absolute Gasteiger partial charge is 0.340 e. The maximum atomic E-state index is 13.0. The van der Waals surface area contributed by atoms with E-state index in [4.69, 9.17) is 0 Å². The maximum absolute atomic E-state index is 13.0. The molecule has 1 aliphatic heterocycles. The molecule has 1 N–H and O–H groups in total. The average Bonchev–Trinajstić information content (AvgIpc) is 3.16. The van der Waals surface area contributed by atoms with Gasteiger partial charge in [0.15, 0.2) is 0 Å². The summed E-state index contributed by atoms with van der Waals surface area (Å²) >= 11 is 1.69. The SMILES string of the molecule is CC1(C2CC2)NC(=O)C(C)(C)N(CCc2cccs2)C1=O. The van der Waals surface area contributed by atoms with Crippen molar-refractivity contribution < 1.29 is 9.59 Å². The lowest BCUT2D eigenvalue weighted by Crippen LogP contribution is -2.74. The second kappa shape index (κ2) is 4.83. The van der Waals surface area contributed by atoms with Crippen LogP contribution in [0.25, 0.3) is 0 Å². The zero-order valence-electron chi connectivity index (χ0n) is 12.8. The Bertz CT molecular complexity index is 563. The van der Waals surface area contributed by atoms with Crippen LogP contribution < -0.4 is 5.32 Å². The van der Waals surface area contributed by atoms with Crippen molar-refractivity contribution in [2.75, 3.05) is 6.54 Å². The quantitative estimate of drug-likeness (QED) is 0.927. The Labute approximate surface area is 129 Å². The second-order valence-corrected chi connectivity index (χ2v) is 7.81. The van der Waals surface area contributed by atoms with E-state index in [9.17, 15) is 9.59 Å². The van der Waals surface area contributed by atoms with Crippen LogP contribution in [0.3, 0.4) is 0 Å². The van der Waals surface area contributed by atoms with Gasteiger partial charge in [-0.15, -0.1) is 11.3 Å². The minimum Gasteiger partial charge on any atom is -0.340 e. The molecule has 1 aromatic heterocycles. The number of carbonyl (C=O) groups excluding carboxylic acids is 2. The van der Waals surface area contributed by atoms with Crippen molar-refractivity contribution in [2.24, 2.45) is 5.92 Å². The number of carbonyl (C=O) groups is 2. The topological polar surface area (TPSA) is 49.4 Å². The number of piperazine rings is 1. The first kappa shape index (κ1) is 14.6. The molecule has 21 heavy (non-hydrogen) atoms. The van der Waals surface area contributed by atoms with Crippen LogP contribution in [-0.2, 0) is 16.0 Å². The first-order chi connectivity index (χ1) is 9.85. The summed E-state index contributed by atoms with van der Waals surface area (Å²) in [4.78, 5) is 28.5. The predicted octanol–water partition coefficient (Wildman–Crippen LogP) is 2.20. The van der Waals surface area contributed by atoms with Crippen molar-refractivity contribution in [1.82, 2.24) is 10.2 Å². The summed E-state index contributed by atoms with van der Waals surface area (Å²) < 4.78 is 0. The van der Waals surface area contributed by atoms with E-state index in [-0.39, 0.29) is 11.8 Å². The van der Waals surface area contributed by atoms with Crippen LogP contribution in [0.5, 0.6) is 0 Å². The highest BCUT2D eigenvalue weighted by Crippen LogP contribution is 2.43. The molecule has 2 fully saturated rings. The van der Waals surface area contributed by atoms with Gasteiger partial charge in [0, 0.05) is 11.4 Å². The molecule has 2 heterocycles. The van der Waals surface area contributed by atoms with E-state index in [1.54, 1.807) is 16.2 Å². The van der Waals surface area contributed by atoms with Gasteiger partial charge in [-0.3, -0.25) is 9.59 Å². The van der Waals surface area contributed by atoms with E-state index in [2.05, 4.69) is 11.4 Å². The van der Waals surface area contributed by atoms with Crippen LogP contribution in [0.1, 0.15) is 38.5 Å². The van der Waals surface area contributed by atoms with Gasteiger partial charge in [-0.2, -0.15) is 0 Å². The molecule has 1 saturated heterocycles. The normalized spacial score (nSPS) is 28.6. The lowest BCUT2D eigenvalue weighted by molar-refractivity contribution is -0.161. The molecule has 114 valence electrons. The Hall–Kier alpha value is -1.36. The van der Waals surface area contributed by atoms with Crippen molar-refractivity contribution in [1.29, 1.82) is 0 Å². The number of rotatable bonds is 4. The Morgan fingerprint density at radius 1 is 1.33 bits per heavy atom. The van der Waals surface area contributed by atoms with Gasteiger partial charge in [0.2, 0.25) is 11.8 Å². The standard InChI is InChI=1S/C16H22N2O2S/c1-15(2)13(19)17-16(3,11-6-7-11)14(20)18(15)9-8-12-5-4-10-21-12/h4-5,10-11H,6-9H2,1-3H3,(H,17,19). The Morgan fingerprint density at radius 3 is 2.62 bits per heavy atom. The molecule has 1 atom stereocenters. The van der Waals surface area contributed by atoms with E-state index in [0.717, 1.165) is 19.3 Å². The van der Waals surface area contributed by atoms with Gasteiger partial charge in [-0.1, -0.05) is 6.07 Å². The summed E-state index contributed by atoms with van der Waals surface area (Å²) in [6.45, 7) is 6.16. The van der Waals surface area contributed by atoms with Crippen LogP contribution >= 0.6 is 11.3 Å². The average molecular weight is 306 g/mol. The Balaban J connectivity index is 1.83. The number of nitrogens with zero attached hydrogens (tertiary/aromatic N) is 1. The molecule has 0 aromatic carbocycles. The smallest absolute Gasteiger partial charge is 0.249 e. The molecule has 1 aliphatic carbocycles. The minimum atomic E-state index is -0.775. The van der Waals surface area contributed by atoms with Crippen LogP contribution in [-0.4, -0.2) is 34.3 Å². The molecule has 0 radical (unpaired) electrons. The Morgan fingerprint density at radius 2 is 2.05 bits per heavy atom. The summed E-state index contributed by atoms with van der Waals surface area (Å²) in [6.07, 6.45) is 2.87. The molecule has 1 saturated carbocycles. The van der Waals surface area contributed by atoms with Crippen molar-refractivity contribution in [3.05, 3.63) is 22.4 Å². The third-order valence-electron chi connectivity index (χ3n) is 4.85. The third-order valence-corrected chi connectivity index (χ3v) is 5.79. The highest BCUT2D eigenvalue weighted by Gasteiger charge is 2.57. The predicted molar refractivity (Wildman–Crippen MR) is 83.1 cm³/mol. The molecular formula is C16H22N2O2S. The monoisotopic (exact) mass is 306 g/mol. The molecule has 4 nitrogen and oxygen atoms in total. The second-order valence-electron chi connectivity index (χ2n) is 6.78. The van der Waals surface area contributed by atoms with Crippen LogP contribution in [0.15, 0.2) is 17.5 Å². The van der Waals surface area contributed by atoms with Gasteiger partial charge < -0.3 is 10.2 Å². The molecule has 1 unspecified atom stereocenters. The molecule has 5 heteroatoms. The molecular weight excluding hydrogens is 284 g/mol. The molecule has 1 aromatic rings. The van der Waals surface area contributed by atoms with E-state index < -0.39 is 11.1 Å². The summed E-state index contributed by atoms with van der Waals surface area (Å²) in [7, 11) is 0. The first-order valence-corrected chi connectivity index (χ1v) is 8.41. The third kappa shape index (κ3) is 2.37. The maximum Gasteiger partial charge on any atom is 0.249 e. The fourth-order valence-electron chi connectivity index (χ4n) is 3.09. The summed E-state index contributed by atoms with van der Waals surface area (Å²) in [5.41, 5.74) is -1.48. The van der Waals surface area contributed by atoms with E-state index in [1.807, 2.05) is 32.2 Å². The van der Waals surface area contributed by atoms with E-state index in [1.165, 1.54) is 4.88 Å². The lowest BCUT2D eigenvalue weighted by Gasteiger charge is -2.49. The number of thiophene rings is 1. The van der Waals surface area contributed by atoms with Gasteiger partial charge in [-0.25, -0.2) is 0 Å². The Kier molecular flexibility index (Phi) is 3.35. The van der Waals surface area contributed by atoms with Gasteiger partial charge in [0.05, 0.1) is 0 Å². The van der Waals surface area contributed by atoms with Crippen LogP contribution in [0.4, 0.5) is 0 Å². The zero-order valence-corrected chi connectivity index (χ0v) is 13.6. The van der Waals surface area contributed by atoms with Crippen LogP contribution in [0, 0.1) is 5.92 Å². The van der Waals surface area contributed by atoms with Gasteiger partial charge >= 0.3 is 0 Å². The van der Waals surface area contributed by atoms with Gasteiger partial charge in [0.1, 0.15) is 11.1 Å². The first-order valence-electron chi connectivity index (χ1n) is 7.53. The van der Waals surface area contributed by atoms with Crippen molar-refractivity contribution in [3.8, 4) is 0 Å². The number of hydrogen-bond donors (Lipinski definition) is 1. The summed E-state index contributed by atoms with van der Waals surface area (Å²) in [5, 5.41) is 5.03. The minimum absolute atomic E-state index is 0.0392. The number of nitrogens with one attached hydrogen (secondary N) is 1. The zero-order chi connectivity index (χ0) is 15.3. The fraction of sp³-hybridized carbons (Fsp3) is 0.625. The molecule has 2 aliphatic rings. The summed E-state index contributed by atoms with van der Waals surface area (Å²) in [5.74, 6) is 0.336. The highest BCUT2D eigenvalue weighted by molar-refractivity contribution is 7.09. The van der Waals surface area contributed by atoms with Gasteiger partial charge in [0.25, 0.3) is 0 Å². The van der Waals surface area contributed by atoms with Gasteiger partial charge in [-0.05, 0) is 57.4 Å². The number of amides is 2. The molecule has 0 spiro atoms. The van der Waals surface area contributed by atoms with Crippen molar-refractivity contribution in [3.63, 3.8) is 0 Å². The fourth-order valence-corrected chi connectivity index (χ4v) is 3.79. The molecule has 0 bridgehead atoms. The molecule has 2 amide bonds. The highest BCUT2D eigenvalue weighted by atomic mass is 32.1. The van der Waals surface area contributed by atoms with E-state index in [0.29, 0.717) is 12.5 Å². The van der Waals surface area contributed by atoms with E-state index >= 15 is 0 Å². The van der Waals surface area contributed by atoms with Crippen molar-refractivity contribution >= 4 is 23.2 Å². The number of hydrogen-bond acceptors (Lipinski definition) is 3.